The Morgan fingerprint density at radius 1 is 1.00 bits per heavy atom. The minimum atomic E-state index is 0.194. The highest BCUT2D eigenvalue weighted by atomic mass is 16.3. The van der Waals surface area contributed by atoms with E-state index in [-0.39, 0.29) is 12.5 Å². The zero-order valence-corrected chi connectivity index (χ0v) is 16.9. The third kappa shape index (κ3) is 3.75. The van der Waals surface area contributed by atoms with Crippen molar-refractivity contribution in [3.8, 4) is 22.7 Å². The molecule has 2 aliphatic rings. The van der Waals surface area contributed by atoms with E-state index in [1.807, 2.05) is 24.4 Å². The molecule has 2 saturated heterocycles. The zero-order valence-electron chi connectivity index (χ0n) is 16.9. The highest BCUT2D eigenvalue weighted by Crippen LogP contribution is 2.32. The van der Waals surface area contributed by atoms with Crippen LogP contribution in [0.25, 0.3) is 22.7 Å². The van der Waals surface area contributed by atoms with Crippen molar-refractivity contribution in [1.29, 1.82) is 0 Å². The Morgan fingerprint density at radius 2 is 1.83 bits per heavy atom. The van der Waals surface area contributed by atoms with Gasteiger partial charge in [0.2, 0.25) is 11.9 Å². The van der Waals surface area contributed by atoms with Crippen molar-refractivity contribution in [1.82, 2.24) is 19.9 Å². The number of aliphatic hydroxyl groups excluding tert-OH is 1. The number of rotatable bonds is 5. The minimum Gasteiger partial charge on any atom is -0.463 e. The van der Waals surface area contributed by atoms with Gasteiger partial charge in [0, 0.05) is 50.7 Å². The van der Waals surface area contributed by atoms with Gasteiger partial charge in [0.25, 0.3) is 0 Å². The molecule has 3 aromatic rings. The molecule has 0 bridgehead atoms. The number of anilines is 2. The van der Waals surface area contributed by atoms with Gasteiger partial charge in [-0.15, -0.1) is 0 Å². The number of hydrogen-bond acceptors (Lipinski definition) is 8. The molecule has 2 aliphatic heterocycles. The van der Waals surface area contributed by atoms with Crippen molar-refractivity contribution in [2.75, 3.05) is 42.6 Å². The van der Waals surface area contributed by atoms with Crippen molar-refractivity contribution >= 4 is 11.9 Å². The highest BCUT2D eigenvalue weighted by Gasteiger charge is 2.24. The third-order valence-electron chi connectivity index (χ3n) is 5.90. The maximum Gasteiger partial charge on any atom is 0.226 e. The lowest BCUT2D eigenvalue weighted by atomic mass is 9.99. The highest BCUT2D eigenvalue weighted by molar-refractivity contribution is 5.77. The quantitative estimate of drug-likeness (QED) is 0.691. The maximum absolute atomic E-state index is 9.57. The zero-order chi connectivity index (χ0) is 20.3. The monoisotopic (exact) mass is 406 g/mol. The van der Waals surface area contributed by atoms with E-state index < -0.39 is 0 Å². The lowest BCUT2D eigenvalue weighted by Gasteiger charge is -2.32. The second-order valence-corrected chi connectivity index (χ2v) is 7.98. The number of nitrogens with zero attached hydrogens (tertiary/aromatic N) is 6. The van der Waals surface area contributed by atoms with E-state index in [1.165, 1.54) is 12.8 Å². The number of hydrogen-bond donors (Lipinski definition) is 1. The number of piperidine rings is 1. The predicted molar refractivity (Wildman–Crippen MR) is 114 cm³/mol. The first-order valence-corrected chi connectivity index (χ1v) is 10.7. The molecule has 5 rings (SSSR count). The van der Waals surface area contributed by atoms with Crippen LogP contribution in [0.2, 0.25) is 0 Å². The summed E-state index contributed by atoms with van der Waals surface area (Å²) in [5.41, 5.74) is 2.34. The number of aromatic nitrogens is 4. The van der Waals surface area contributed by atoms with Gasteiger partial charge in [-0.25, -0.2) is 19.9 Å². The first-order valence-electron chi connectivity index (χ1n) is 10.7. The lowest BCUT2D eigenvalue weighted by molar-refractivity contribution is 0.208. The van der Waals surface area contributed by atoms with Crippen LogP contribution in [0.1, 0.15) is 25.7 Å². The molecule has 5 heterocycles. The third-order valence-corrected chi connectivity index (χ3v) is 5.90. The van der Waals surface area contributed by atoms with Gasteiger partial charge in [-0.1, -0.05) is 0 Å². The molecule has 0 aliphatic carbocycles. The van der Waals surface area contributed by atoms with Crippen molar-refractivity contribution < 1.29 is 9.52 Å². The van der Waals surface area contributed by atoms with E-state index in [1.54, 1.807) is 12.5 Å². The fraction of sp³-hybridized carbons (Fsp3) is 0.455. The smallest absolute Gasteiger partial charge is 0.226 e. The fourth-order valence-corrected chi connectivity index (χ4v) is 4.28. The van der Waals surface area contributed by atoms with E-state index in [0.717, 1.165) is 61.9 Å². The van der Waals surface area contributed by atoms with E-state index in [9.17, 15) is 5.11 Å². The Hall–Kier alpha value is -3.00. The Kier molecular flexibility index (Phi) is 5.31. The van der Waals surface area contributed by atoms with E-state index in [2.05, 4.69) is 19.8 Å². The molecule has 0 unspecified atom stereocenters. The van der Waals surface area contributed by atoms with Crippen LogP contribution in [-0.4, -0.2) is 57.8 Å². The molecule has 0 amide bonds. The Balaban J connectivity index is 1.53. The summed E-state index contributed by atoms with van der Waals surface area (Å²) >= 11 is 0. The van der Waals surface area contributed by atoms with Gasteiger partial charge in [-0.3, -0.25) is 0 Å². The van der Waals surface area contributed by atoms with Crippen molar-refractivity contribution in [3.05, 3.63) is 36.9 Å². The van der Waals surface area contributed by atoms with Gasteiger partial charge < -0.3 is 19.3 Å². The van der Waals surface area contributed by atoms with Crippen LogP contribution in [-0.2, 0) is 0 Å². The average molecular weight is 406 g/mol. The largest absolute Gasteiger partial charge is 0.463 e. The average Bonchev–Trinajstić information content (AvgIpc) is 3.53. The SMILES string of the molecule is OC[C@H]1CCCN(c2ncc(-c3ccnc(N4CCCC4)n3)c(-c3ccco3)n2)C1. The molecule has 30 heavy (non-hydrogen) atoms. The molecule has 8 heteroatoms. The normalized spacial score (nSPS) is 19.4. The summed E-state index contributed by atoms with van der Waals surface area (Å²) in [6.45, 7) is 3.83. The summed E-state index contributed by atoms with van der Waals surface area (Å²) in [7, 11) is 0. The predicted octanol–water partition coefficient (Wildman–Crippen LogP) is 3.00. The van der Waals surface area contributed by atoms with Crippen LogP contribution < -0.4 is 9.80 Å². The van der Waals surface area contributed by atoms with Gasteiger partial charge in [0.1, 0.15) is 5.69 Å². The molecule has 0 aromatic carbocycles. The molecular formula is C22H26N6O2. The molecule has 3 aromatic heterocycles. The Bertz CT molecular complexity index is 987. The van der Waals surface area contributed by atoms with Gasteiger partial charge in [0.05, 0.1) is 12.0 Å². The number of furan rings is 1. The van der Waals surface area contributed by atoms with Crippen LogP contribution in [0.4, 0.5) is 11.9 Å². The molecule has 0 spiro atoms. The van der Waals surface area contributed by atoms with E-state index in [4.69, 9.17) is 14.4 Å². The second-order valence-electron chi connectivity index (χ2n) is 7.98. The lowest BCUT2D eigenvalue weighted by Crippen LogP contribution is -2.37. The Morgan fingerprint density at radius 3 is 2.63 bits per heavy atom. The van der Waals surface area contributed by atoms with Gasteiger partial charge in [-0.05, 0) is 49.8 Å². The molecule has 2 fully saturated rings. The topological polar surface area (TPSA) is 91.4 Å². The number of aliphatic hydroxyl groups is 1. The van der Waals surface area contributed by atoms with Gasteiger partial charge in [0.15, 0.2) is 5.76 Å². The van der Waals surface area contributed by atoms with E-state index >= 15 is 0 Å². The summed E-state index contributed by atoms with van der Waals surface area (Å²) in [5.74, 6) is 2.36. The van der Waals surface area contributed by atoms with E-state index in [0.29, 0.717) is 11.7 Å². The van der Waals surface area contributed by atoms with Crippen LogP contribution in [0, 0.1) is 5.92 Å². The fourth-order valence-electron chi connectivity index (χ4n) is 4.28. The van der Waals surface area contributed by atoms with Crippen LogP contribution in [0.15, 0.2) is 41.3 Å². The van der Waals surface area contributed by atoms with Gasteiger partial charge in [-0.2, -0.15) is 0 Å². The molecule has 156 valence electrons. The molecule has 0 radical (unpaired) electrons. The van der Waals surface area contributed by atoms with Crippen molar-refractivity contribution in [3.63, 3.8) is 0 Å². The molecule has 1 atom stereocenters. The van der Waals surface area contributed by atoms with Crippen LogP contribution in [0.5, 0.6) is 0 Å². The van der Waals surface area contributed by atoms with Crippen LogP contribution >= 0.6 is 0 Å². The summed E-state index contributed by atoms with van der Waals surface area (Å²) in [4.78, 5) is 23.2. The summed E-state index contributed by atoms with van der Waals surface area (Å²) < 4.78 is 5.69. The first-order chi connectivity index (χ1) is 14.8. The second kappa shape index (κ2) is 8.39. The first kappa shape index (κ1) is 19.0. The summed E-state index contributed by atoms with van der Waals surface area (Å²) in [6, 6.07) is 5.66. The molecule has 1 N–H and O–H groups in total. The van der Waals surface area contributed by atoms with Crippen molar-refractivity contribution in [2.45, 2.75) is 25.7 Å². The van der Waals surface area contributed by atoms with Crippen molar-refractivity contribution in [2.24, 2.45) is 5.92 Å². The van der Waals surface area contributed by atoms with Crippen LogP contribution in [0.3, 0.4) is 0 Å². The maximum atomic E-state index is 9.57. The molecule has 0 saturated carbocycles. The summed E-state index contributed by atoms with van der Waals surface area (Å²) in [6.07, 6.45) is 9.69. The Labute approximate surface area is 175 Å². The molecule has 8 nitrogen and oxygen atoms in total. The summed E-state index contributed by atoms with van der Waals surface area (Å²) in [5, 5.41) is 9.57. The minimum absolute atomic E-state index is 0.194. The molecular weight excluding hydrogens is 380 g/mol. The van der Waals surface area contributed by atoms with Gasteiger partial charge >= 0.3 is 0 Å². The standard InChI is InChI=1S/C22H26N6O2/c29-15-16-5-3-11-28(14-16)22-24-13-17(20(26-22)19-6-4-12-30-19)18-7-8-23-21(25-18)27-9-1-2-10-27/h4,6-8,12-13,16,29H,1-3,5,9-11,14-15H2/t16-/m0/s1.